The molecule has 0 atom stereocenters. The van der Waals surface area contributed by atoms with Gasteiger partial charge >= 0.3 is 6.01 Å². The second kappa shape index (κ2) is 9.91. The number of aromatic nitrogens is 4. The molecule has 158 valence electrons. The summed E-state index contributed by atoms with van der Waals surface area (Å²) in [5, 5.41) is 7.39. The molecule has 30 heavy (non-hydrogen) atoms. The van der Waals surface area contributed by atoms with Gasteiger partial charge in [-0.2, -0.15) is 15.0 Å². The summed E-state index contributed by atoms with van der Waals surface area (Å²) < 4.78 is 0. The summed E-state index contributed by atoms with van der Waals surface area (Å²) in [6.45, 7) is 12.2. The van der Waals surface area contributed by atoms with Gasteiger partial charge in [-0.15, -0.1) is 0 Å². The average Bonchev–Trinajstić information content (AvgIpc) is 3.15. The Morgan fingerprint density at radius 1 is 1.20 bits per heavy atom. The number of nitrogens with one attached hydrogen (secondary N) is 1. The van der Waals surface area contributed by atoms with Crippen LogP contribution in [-0.2, 0) is 0 Å². The fourth-order valence-electron chi connectivity index (χ4n) is 3.13. The smallest absolute Gasteiger partial charge is 0.352 e. The van der Waals surface area contributed by atoms with E-state index in [1.54, 1.807) is 6.20 Å². The standard InChI is InChI=1S/C21H28N8O/c1-6-23-19-25-20(29(7-2)8-3)27-21(26-19)30-28-15(5)17-12-18(24-14(17)4)16-10-9-11-22-13-16/h9-11,13H,6-8,12H2,1-5H3,(H,23,25,26,27)/b28-15+. The summed E-state index contributed by atoms with van der Waals surface area (Å²) in [6.07, 6.45) is 4.25. The Hall–Kier alpha value is -3.36. The Labute approximate surface area is 177 Å². The second-order valence-corrected chi connectivity index (χ2v) is 6.75. The van der Waals surface area contributed by atoms with Crippen LogP contribution in [0.3, 0.4) is 0 Å². The quantitative estimate of drug-likeness (QED) is 0.501. The van der Waals surface area contributed by atoms with Crippen LogP contribution < -0.4 is 15.1 Å². The van der Waals surface area contributed by atoms with Crippen molar-refractivity contribution in [2.45, 2.75) is 41.0 Å². The number of anilines is 2. The summed E-state index contributed by atoms with van der Waals surface area (Å²) in [5.41, 5.74) is 4.68. The van der Waals surface area contributed by atoms with Crippen LogP contribution in [-0.4, -0.2) is 51.0 Å². The Bertz CT molecular complexity index is 964. The van der Waals surface area contributed by atoms with Crippen molar-refractivity contribution in [2.75, 3.05) is 29.9 Å². The molecule has 3 heterocycles. The second-order valence-electron chi connectivity index (χ2n) is 6.75. The van der Waals surface area contributed by atoms with Crippen LogP contribution >= 0.6 is 0 Å². The first-order valence-electron chi connectivity index (χ1n) is 10.2. The molecule has 2 aromatic rings. The predicted molar refractivity (Wildman–Crippen MR) is 119 cm³/mol. The van der Waals surface area contributed by atoms with Gasteiger partial charge in [-0.3, -0.25) is 9.98 Å². The number of nitrogens with zero attached hydrogens (tertiary/aromatic N) is 7. The first kappa shape index (κ1) is 21.4. The van der Waals surface area contributed by atoms with E-state index in [1.165, 1.54) is 0 Å². The molecule has 9 nitrogen and oxygen atoms in total. The van der Waals surface area contributed by atoms with Crippen molar-refractivity contribution in [3.8, 4) is 6.01 Å². The fraction of sp³-hybridized carbons (Fsp3) is 0.429. The third-order valence-electron chi connectivity index (χ3n) is 4.76. The van der Waals surface area contributed by atoms with E-state index in [4.69, 9.17) is 4.84 Å². The van der Waals surface area contributed by atoms with Gasteiger partial charge in [0.15, 0.2) is 0 Å². The van der Waals surface area contributed by atoms with E-state index in [0.29, 0.717) is 24.9 Å². The summed E-state index contributed by atoms with van der Waals surface area (Å²) in [5.74, 6) is 1.03. The molecule has 0 saturated heterocycles. The molecule has 9 heteroatoms. The molecule has 1 aliphatic rings. The lowest BCUT2D eigenvalue weighted by molar-refractivity contribution is 0.312. The SMILES string of the molecule is CCNc1nc(O/N=C(\C)C2=C(C)N=C(c3cccnc3)C2)nc(N(CC)CC)n1. The molecular formula is C21H28N8O. The number of hydrogen-bond acceptors (Lipinski definition) is 9. The molecule has 1 N–H and O–H groups in total. The number of pyridine rings is 1. The Balaban J connectivity index is 1.77. The van der Waals surface area contributed by atoms with E-state index in [1.807, 2.05) is 44.0 Å². The van der Waals surface area contributed by atoms with Crippen LogP contribution in [0.4, 0.5) is 11.9 Å². The molecule has 0 unspecified atom stereocenters. The Morgan fingerprint density at radius 3 is 2.67 bits per heavy atom. The van der Waals surface area contributed by atoms with Crippen LogP contribution in [0, 0.1) is 0 Å². The zero-order valence-corrected chi connectivity index (χ0v) is 18.2. The zero-order valence-electron chi connectivity index (χ0n) is 18.2. The highest BCUT2D eigenvalue weighted by Crippen LogP contribution is 2.24. The molecule has 0 aliphatic carbocycles. The zero-order chi connectivity index (χ0) is 21.5. The summed E-state index contributed by atoms with van der Waals surface area (Å²) in [4.78, 5) is 29.7. The summed E-state index contributed by atoms with van der Waals surface area (Å²) in [7, 11) is 0. The molecule has 0 saturated carbocycles. The van der Waals surface area contributed by atoms with Gasteiger partial charge in [-0.25, -0.2) is 0 Å². The van der Waals surface area contributed by atoms with Gasteiger partial charge in [0.2, 0.25) is 11.9 Å². The van der Waals surface area contributed by atoms with Crippen LogP contribution in [0.15, 0.2) is 45.9 Å². The van der Waals surface area contributed by atoms with Crippen molar-refractivity contribution < 1.29 is 4.84 Å². The third kappa shape index (κ3) is 4.97. The topological polar surface area (TPSA) is 101 Å². The molecule has 0 amide bonds. The van der Waals surface area contributed by atoms with Gasteiger partial charge in [0.1, 0.15) is 0 Å². The van der Waals surface area contributed by atoms with E-state index in [2.05, 4.69) is 49.2 Å². The highest BCUT2D eigenvalue weighted by Gasteiger charge is 2.19. The number of rotatable bonds is 9. The van der Waals surface area contributed by atoms with Gasteiger partial charge in [0, 0.05) is 55.3 Å². The lowest BCUT2D eigenvalue weighted by atomic mass is 10.0. The largest absolute Gasteiger partial charge is 0.354 e. The molecule has 0 radical (unpaired) electrons. The maximum atomic E-state index is 5.60. The highest BCUT2D eigenvalue weighted by atomic mass is 16.6. The molecule has 1 aliphatic heterocycles. The lowest BCUT2D eigenvalue weighted by Crippen LogP contribution is -2.25. The average molecular weight is 409 g/mol. The maximum absolute atomic E-state index is 5.60. The van der Waals surface area contributed by atoms with Crippen LogP contribution in [0.25, 0.3) is 0 Å². The lowest BCUT2D eigenvalue weighted by Gasteiger charge is -2.18. The van der Waals surface area contributed by atoms with Crippen molar-refractivity contribution in [3.63, 3.8) is 0 Å². The van der Waals surface area contributed by atoms with E-state index in [9.17, 15) is 0 Å². The van der Waals surface area contributed by atoms with Crippen molar-refractivity contribution in [1.82, 2.24) is 19.9 Å². The van der Waals surface area contributed by atoms with Gasteiger partial charge < -0.3 is 15.1 Å². The van der Waals surface area contributed by atoms with Crippen molar-refractivity contribution in [2.24, 2.45) is 10.1 Å². The Kier molecular flexibility index (Phi) is 7.05. The van der Waals surface area contributed by atoms with E-state index in [-0.39, 0.29) is 6.01 Å². The van der Waals surface area contributed by atoms with Crippen LogP contribution in [0.2, 0.25) is 0 Å². The Morgan fingerprint density at radius 2 is 2.00 bits per heavy atom. The van der Waals surface area contributed by atoms with Gasteiger partial charge in [0.05, 0.1) is 11.4 Å². The summed E-state index contributed by atoms with van der Waals surface area (Å²) in [6, 6.07) is 4.07. The first-order chi connectivity index (χ1) is 14.5. The van der Waals surface area contributed by atoms with E-state index in [0.717, 1.165) is 41.3 Å². The molecule has 0 fully saturated rings. The minimum Gasteiger partial charge on any atom is -0.354 e. The third-order valence-corrected chi connectivity index (χ3v) is 4.76. The van der Waals surface area contributed by atoms with Gasteiger partial charge in [0.25, 0.3) is 0 Å². The maximum Gasteiger partial charge on any atom is 0.352 e. The molecule has 0 bridgehead atoms. The molecular weight excluding hydrogens is 380 g/mol. The fourth-order valence-corrected chi connectivity index (χ4v) is 3.13. The summed E-state index contributed by atoms with van der Waals surface area (Å²) >= 11 is 0. The minimum absolute atomic E-state index is 0.159. The number of aliphatic imine (C=N–C) groups is 1. The molecule has 2 aromatic heterocycles. The number of allylic oxidation sites excluding steroid dienone is 2. The minimum atomic E-state index is 0.159. The molecule has 0 aromatic carbocycles. The van der Waals surface area contributed by atoms with Crippen molar-refractivity contribution >= 4 is 23.3 Å². The predicted octanol–water partition coefficient (Wildman–Crippen LogP) is 3.47. The van der Waals surface area contributed by atoms with Crippen molar-refractivity contribution in [3.05, 3.63) is 41.4 Å². The highest BCUT2D eigenvalue weighted by molar-refractivity contribution is 6.12. The van der Waals surface area contributed by atoms with Crippen molar-refractivity contribution in [1.29, 1.82) is 0 Å². The van der Waals surface area contributed by atoms with E-state index < -0.39 is 0 Å². The van der Waals surface area contributed by atoms with Gasteiger partial charge in [-0.05, 0) is 40.7 Å². The van der Waals surface area contributed by atoms with Crippen LogP contribution in [0.1, 0.15) is 46.6 Å². The number of oxime groups is 1. The monoisotopic (exact) mass is 408 g/mol. The number of hydrogen-bond donors (Lipinski definition) is 1. The van der Waals surface area contributed by atoms with Crippen LogP contribution in [0.5, 0.6) is 6.01 Å². The van der Waals surface area contributed by atoms with Gasteiger partial charge in [-0.1, -0.05) is 11.2 Å². The molecule has 0 spiro atoms. The first-order valence-corrected chi connectivity index (χ1v) is 10.2. The molecule has 3 rings (SSSR count). The van der Waals surface area contributed by atoms with E-state index >= 15 is 0 Å². The normalized spacial score (nSPS) is 14.0.